The first-order chi connectivity index (χ1) is 10.5. The van der Waals surface area contributed by atoms with Crippen molar-refractivity contribution in [2.45, 2.75) is 33.2 Å². The highest BCUT2D eigenvalue weighted by Gasteiger charge is 2.19. The van der Waals surface area contributed by atoms with Gasteiger partial charge in [0, 0.05) is 12.6 Å². The minimum absolute atomic E-state index is 0.0409. The molecule has 0 radical (unpaired) electrons. The molecule has 1 heterocycles. The van der Waals surface area contributed by atoms with Crippen LogP contribution in [0, 0.1) is 12.8 Å². The van der Waals surface area contributed by atoms with Crippen molar-refractivity contribution in [1.29, 1.82) is 0 Å². The third-order valence-corrected chi connectivity index (χ3v) is 3.59. The van der Waals surface area contributed by atoms with Crippen molar-refractivity contribution in [3.63, 3.8) is 0 Å². The smallest absolute Gasteiger partial charge is 0.273 e. The van der Waals surface area contributed by atoms with Crippen molar-refractivity contribution in [2.24, 2.45) is 5.92 Å². The lowest BCUT2D eigenvalue weighted by Crippen LogP contribution is -2.39. The number of hydrogen-bond donors (Lipinski definition) is 2. The van der Waals surface area contributed by atoms with E-state index in [9.17, 15) is 4.79 Å². The SMILES string of the molecule is Cc1ccc(-n2cc(C(=O)NC(CCO)C(C)C)nn2)cc1. The number of carbonyl (C=O) groups excluding carboxylic acids is 1. The number of aliphatic hydroxyl groups is 1. The molecule has 1 amide bonds. The molecule has 0 aliphatic carbocycles. The van der Waals surface area contributed by atoms with Crippen molar-refractivity contribution in [2.75, 3.05) is 6.61 Å². The minimum atomic E-state index is -0.273. The monoisotopic (exact) mass is 302 g/mol. The highest BCUT2D eigenvalue weighted by Crippen LogP contribution is 2.10. The molecule has 0 bridgehead atoms. The van der Waals surface area contributed by atoms with Gasteiger partial charge in [-0.2, -0.15) is 0 Å². The van der Waals surface area contributed by atoms with Gasteiger partial charge in [-0.3, -0.25) is 4.79 Å². The molecule has 22 heavy (non-hydrogen) atoms. The minimum Gasteiger partial charge on any atom is -0.396 e. The maximum absolute atomic E-state index is 12.2. The lowest BCUT2D eigenvalue weighted by molar-refractivity contribution is 0.0911. The number of nitrogens with zero attached hydrogens (tertiary/aromatic N) is 3. The number of amides is 1. The molecule has 6 nitrogen and oxygen atoms in total. The third-order valence-electron chi connectivity index (χ3n) is 3.59. The number of aromatic nitrogens is 3. The predicted octanol–water partition coefficient (Wildman–Crippen LogP) is 1.71. The van der Waals surface area contributed by atoms with Crippen LogP contribution in [-0.2, 0) is 0 Å². The Morgan fingerprint density at radius 3 is 2.59 bits per heavy atom. The van der Waals surface area contributed by atoms with Gasteiger partial charge < -0.3 is 10.4 Å². The van der Waals surface area contributed by atoms with Crippen LogP contribution in [0.2, 0.25) is 0 Å². The average Bonchev–Trinajstić information content (AvgIpc) is 2.97. The quantitative estimate of drug-likeness (QED) is 0.851. The molecule has 2 rings (SSSR count). The summed E-state index contributed by atoms with van der Waals surface area (Å²) in [5, 5.41) is 19.9. The molecule has 1 atom stereocenters. The first-order valence-electron chi connectivity index (χ1n) is 7.42. The number of hydrogen-bond acceptors (Lipinski definition) is 4. The Morgan fingerprint density at radius 1 is 1.32 bits per heavy atom. The topological polar surface area (TPSA) is 80.0 Å². The maximum atomic E-state index is 12.2. The van der Waals surface area contributed by atoms with Gasteiger partial charge >= 0.3 is 0 Å². The largest absolute Gasteiger partial charge is 0.396 e. The van der Waals surface area contributed by atoms with E-state index in [0.717, 1.165) is 11.3 Å². The fourth-order valence-electron chi connectivity index (χ4n) is 2.15. The molecule has 0 fully saturated rings. The molecule has 0 aliphatic heterocycles. The summed E-state index contributed by atoms with van der Waals surface area (Å²) >= 11 is 0. The van der Waals surface area contributed by atoms with Crippen LogP contribution in [0.4, 0.5) is 0 Å². The molecule has 0 aliphatic rings. The van der Waals surface area contributed by atoms with Crippen molar-refractivity contribution in [3.8, 4) is 5.69 Å². The van der Waals surface area contributed by atoms with Crippen LogP contribution in [0.25, 0.3) is 5.69 Å². The molecular weight excluding hydrogens is 280 g/mol. The molecule has 2 aromatic rings. The number of aryl methyl sites for hydroxylation is 1. The summed E-state index contributed by atoms with van der Waals surface area (Å²) in [6.07, 6.45) is 2.13. The highest BCUT2D eigenvalue weighted by atomic mass is 16.3. The molecule has 0 spiro atoms. The van der Waals surface area contributed by atoms with E-state index >= 15 is 0 Å². The van der Waals surface area contributed by atoms with Crippen molar-refractivity contribution in [3.05, 3.63) is 41.7 Å². The number of benzene rings is 1. The maximum Gasteiger partial charge on any atom is 0.273 e. The van der Waals surface area contributed by atoms with Crippen LogP contribution < -0.4 is 5.32 Å². The first kappa shape index (κ1) is 16.2. The Labute approximate surface area is 130 Å². The van der Waals surface area contributed by atoms with E-state index in [4.69, 9.17) is 5.11 Å². The third kappa shape index (κ3) is 3.92. The molecule has 2 N–H and O–H groups in total. The van der Waals surface area contributed by atoms with Gasteiger partial charge in [-0.1, -0.05) is 36.8 Å². The average molecular weight is 302 g/mol. The van der Waals surface area contributed by atoms with E-state index in [-0.39, 0.29) is 30.2 Å². The van der Waals surface area contributed by atoms with E-state index < -0.39 is 0 Å². The van der Waals surface area contributed by atoms with E-state index in [1.165, 1.54) is 0 Å². The van der Waals surface area contributed by atoms with Crippen molar-refractivity contribution >= 4 is 5.91 Å². The Kier molecular flexibility index (Phi) is 5.27. The predicted molar refractivity (Wildman–Crippen MR) is 83.9 cm³/mol. The Hall–Kier alpha value is -2.21. The number of rotatable bonds is 6. The summed E-state index contributed by atoms with van der Waals surface area (Å²) in [6.45, 7) is 6.06. The molecule has 118 valence electrons. The molecule has 6 heteroatoms. The van der Waals surface area contributed by atoms with Crippen LogP contribution in [0.3, 0.4) is 0 Å². The molecule has 1 aromatic heterocycles. The van der Waals surface area contributed by atoms with Crippen LogP contribution in [0.5, 0.6) is 0 Å². The summed E-state index contributed by atoms with van der Waals surface area (Å²) in [5.74, 6) is -0.0336. The molecule has 0 saturated heterocycles. The zero-order chi connectivity index (χ0) is 16.1. The summed E-state index contributed by atoms with van der Waals surface area (Å²) in [5.41, 5.74) is 2.28. The van der Waals surface area contributed by atoms with Crippen LogP contribution >= 0.6 is 0 Å². The van der Waals surface area contributed by atoms with E-state index in [1.54, 1.807) is 10.9 Å². The second kappa shape index (κ2) is 7.17. The first-order valence-corrected chi connectivity index (χ1v) is 7.42. The van der Waals surface area contributed by atoms with Gasteiger partial charge in [0.1, 0.15) is 0 Å². The zero-order valence-corrected chi connectivity index (χ0v) is 13.2. The van der Waals surface area contributed by atoms with Crippen molar-refractivity contribution in [1.82, 2.24) is 20.3 Å². The fraction of sp³-hybridized carbons (Fsp3) is 0.438. The highest BCUT2D eigenvalue weighted by molar-refractivity contribution is 5.92. The van der Waals surface area contributed by atoms with E-state index in [1.807, 2.05) is 45.0 Å². The Bertz CT molecular complexity index is 619. The van der Waals surface area contributed by atoms with Gasteiger partial charge in [0.25, 0.3) is 5.91 Å². The fourth-order valence-corrected chi connectivity index (χ4v) is 2.15. The standard InChI is InChI=1S/C16H22N4O2/c1-11(2)14(8-9-21)17-16(22)15-10-20(19-18-15)13-6-4-12(3)5-7-13/h4-7,10-11,14,21H,8-9H2,1-3H3,(H,17,22). The molecule has 1 unspecified atom stereocenters. The number of nitrogens with one attached hydrogen (secondary N) is 1. The summed E-state index contributed by atoms with van der Waals surface area (Å²) in [4.78, 5) is 12.2. The number of carbonyl (C=O) groups is 1. The second-order valence-corrected chi connectivity index (χ2v) is 5.72. The van der Waals surface area contributed by atoms with Gasteiger partial charge in [-0.25, -0.2) is 4.68 Å². The number of aliphatic hydroxyl groups excluding tert-OH is 1. The normalized spacial score (nSPS) is 12.4. The molecule has 1 aromatic carbocycles. The van der Waals surface area contributed by atoms with Gasteiger partial charge in [-0.15, -0.1) is 5.10 Å². The van der Waals surface area contributed by atoms with E-state index in [0.29, 0.717) is 6.42 Å². The zero-order valence-electron chi connectivity index (χ0n) is 13.2. The van der Waals surface area contributed by atoms with Crippen LogP contribution in [0.15, 0.2) is 30.5 Å². The van der Waals surface area contributed by atoms with Crippen LogP contribution in [-0.4, -0.2) is 38.7 Å². The van der Waals surface area contributed by atoms with Gasteiger partial charge in [-0.05, 0) is 31.4 Å². The van der Waals surface area contributed by atoms with Gasteiger partial charge in [0.2, 0.25) is 0 Å². The lowest BCUT2D eigenvalue weighted by Gasteiger charge is -2.20. The second-order valence-electron chi connectivity index (χ2n) is 5.72. The van der Waals surface area contributed by atoms with Crippen LogP contribution in [0.1, 0.15) is 36.3 Å². The Balaban J connectivity index is 2.10. The molecule has 0 saturated carbocycles. The van der Waals surface area contributed by atoms with E-state index in [2.05, 4.69) is 15.6 Å². The van der Waals surface area contributed by atoms with Gasteiger partial charge in [0.15, 0.2) is 5.69 Å². The van der Waals surface area contributed by atoms with Crippen molar-refractivity contribution < 1.29 is 9.90 Å². The summed E-state index contributed by atoms with van der Waals surface area (Å²) in [7, 11) is 0. The van der Waals surface area contributed by atoms with Gasteiger partial charge in [0.05, 0.1) is 11.9 Å². The Morgan fingerprint density at radius 2 is 2.00 bits per heavy atom. The summed E-state index contributed by atoms with van der Waals surface area (Å²) < 4.78 is 1.57. The molecular formula is C16H22N4O2. The lowest BCUT2D eigenvalue weighted by atomic mass is 10.0. The summed E-state index contributed by atoms with van der Waals surface area (Å²) in [6, 6.07) is 7.73.